The van der Waals surface area contributed by atoms with Gasteiger partial charge >= 0.3 is 0 Å². The monoisotopic (exact) mass is 297 g/mol. The Kier molecular flexibility index (Phi) is 4.50. The number of nitrogens with one attached hydrogen (secondary N) is 1. The first-order chi connectivity index (χ1) is 9.01. The second-order valence-corrected chi connectivity index (χ2v) is 5.46. The summed E-state index contributed by atoms with van der Waals surface area (Å²) in [4.78, 5) is 0. The summed E-state index contributed by atoms with van der Waals surface area (Å²) in [6, 6.07) is 7.87. The van der Waals surface area contributed by atoms with Crippen molar-refractivity contribution in [2.45, 2.75) is 19.4 Å². The third-order valence-electron chi connectivity index (χ3n) is 3.18. The Hall–Kier alpha value is -1.03. The molecule has 2 aromatic rings. The molecule has 102 valence electrons. The summed E-state index contributed by atoms with van der Waals surface area (Å²) in [5.41, 5.74) is 3.23. The zero-order chi connectivity index (χ0) is 14.0. The van der Waals surface area contributed by atoms with Gasteiger partial charge in [-0.2, -0.15) is 5.10 Å². The van der Waals surface area contributed by atoms with Crippen molar-refractivity contribution in [1.29, 1.82) is 0 Å². The number of aromatic nitrogens is 2. The van der Waals surface area contributed by atoms with Crippen LogP contribution in [0.15, 0.2) is 24.3 Å². The molecule has 3 nitrogen and oxygen atoms in total. The van der Waals surface area contributed by atoms with Crippen molar-refractivity contribution in [2.24, 2.45) is 7.05 Å². The second kappa shape index (κ2) is 5.95. The molecule has 19 heavy (non-hydrogen) atoms. The summed E-state index contributed by atoms with van der Waals surface area (Å²) >= 11 is 12.1. The lowest BCUT2D eigenvalue weighted by molar-refractivity contribution is 0.537. The smallest absolute Gasteiger partial charge is 0.0597 e. The van der Waals surface area contributed by atoms with Crippen LogP contribution in [-0.4, -0.2) is 16.8 Å². The third-order valence-corrected chi connectivity index (χ3v) is 3.77. The average Bonchev–Trinajstić information content (AvgIpc) is 2.68. The molecule has 1 unspecified atom stereocenters. The van der Waals surface area contributed by atoms with Gasteiger partial charge in [-0.05, 0) is 44.2 Å². The molecule has 0 aliphatic heterocycles. The molecule has 0 bridgehead atoms. The van der Waals surface area contributed by atoms with Crippen molar-refractivity contribution in [3.63, 3.8) is 0 Å². The van der Waals surface area contributed by atoms with Gasteiger partial charge in [0.25, 0.3) is 0 Å². The first-order valence-corrected chi connectivity index (χ1v) is 6.88. The topological polar surface area (TPSA) is 29.9 Å². The van der Waals surface area contributed by atoms with Crippen molar-refractivity contribution in [1.82, 2.24) is 15.1 Å². The quantitative estimate of drug-likeness (QED) is 0.935. The normalized spacial score (nSPS) is 12.7. The van der Waals surface area contributed by atoms with Crippen molar-refractivity contribution in [2.75, 3.05) is 7.05 Å². The summed E-state index contributed by atoms with van der Waals surface area (Å²) in [5.74, 6) is 0. The van der Waals surface area contributed by atoms with E-state index in [0.717, 1.165) is 23.4 Å². The molecule has 0 aliphatic rings. The summed E-state index contributed by atoms with van der Waals surface area (Å²) in [5, 5.41) is 9.05. The molecule has 0 amide bonds. The van der Waals surface area contributed by atoms with E-state index in [1.807, 2.05) is 37.8 Å². The number of rotatable bonds is 4. The van der Waals surface area contributed by atoms with E-state index < -0.39 is 0 Å². The number of aryl methyl sites for hydroxylation is 2. The maximum absolute atomic E-state index is 6.23. The van der Waals surface area contributed by atoms with Gasteiger partial charge in [0.2, 0.25) is 0 Å². The molecule has 0 aliphatic carbocycles. The van der Waals surface area contributed by atoms with Crippen LogP contribution in [0.3, 0.4) is 0 Å². The second-order valence-electron chi connectivity index (χ2n) is 4.62. The minimum atomic E-state index is 0.171. The maximum Gasteiger partial charge on any atom is 0.0597 e. The van der Waals surface area contributed by atoms with Gasteiger partial charge in [0.05, 0.1) is 17.4 Å². The Balaban J connectivity index is 2.26. The largest absolute Gasteiger partial charge is 0.311 e. The van der Waals surface area contributed by atoms with Gasteiger partial charge in [-0.1, -0.05) is 29.3 Å². The summed E-state index contributed by atoms with van der Waals surface area (Å²) < 4.78 is 1.90. The number of halogens is 2. The number of benzene rings is 1. The van der Waals surface area contributed by atoms with Crippen LogP contribution in [0.2, 0.25) is 10.0 Å². The Bertz CT molecular complexity index is 578. The van der Waals surface area contributed by atoms with Gasteiger partial charge in [-0.3, -0.25) is 4.68 Å². The molecule has 0 spiro atoms. The van der Waals surface area contributed by atoms with E-state index in [9.17, 15) is 0 Å². The van der Waals surface area contributed by atoms with Crippen LogP contribution in [0.4, 0.5) is 0 Å². The van der Waals surface area contributed by atoms with Gasteiger partial charge in [-0.25, -0.2) is 0 Å². The fraction of sp³-hybridized carbons (Fsp3) is 0.357. The lowest BCUT2D eigenvalue weighted by Gasteiger charge is -2.17. The zero-order valence-corrected chi connectivity index (χ0v) is 12.8. The van der Waals surface area contributed by atoms with Crippen molar-refractivity contribution >= 4 is 23.2 Å². The highest BCUT2D eigenvalue weighted by molar-refractivity contribution is 6.35. The van der Waals surface area contributed by atoms with Crippen LogP contribution in [0.5, 0.6) is 0 Å². The predicted octanol–water partition coefficient (Wildman–Crippen LogP) is 3.54. The minimum absolute atomic E-state index is 0.171. The van der Waals surface area contributed by atoms with Crippen LogP contribution in [-0.2, 0) is 13.5 Å². The minimum Gasteiger partial charge on any atom is -0.311 e. The molecule has 2 rings (SSSR count). The standard InChI is InChI=1S/C14H17Cl2N3/c1-9-6-14(19(3)18-9)13(17-2)7-10-4-5-11(15)8-12(10)16/h4-6,8,13,17H,7H2,1-3H3. The molecule has 1 atom stereocenters. The molecule has 1 heterocycles. The first-order valence-electron chi connectivity index (χ1n) is 6.13. The van der Waals surface area contributed by atoms with E-state index in [-0.39, 0.29) is 6.04 Å². The van der Waals surface area contributed by atoms with E-state index in [0.29, 0.717) is 10.0 Å². The molecule has 1 aromatic carbocycles. The molecule has 0 fully saturated rings. The predicted molar refractivity (Wildman–Crippen MR) is 79.9 cm³/mol. The maximum atomic E-state index is 6.23. The van der Waals surface area contributed by atoms with E-state index in [4.69, 9.17) is 23.2 Å². The van der Waals surface area contributed by atoms with E-state index in [1.54, 1.807) is 6.07 Å². The van der Waals surface area contributed by atoms with Crippen LogP contribution >= 0.6 is 23.2 Å². The van der Waals surface area contributed by atoms with E-state index in [2.05, 4.69) is 16.5 Å². The van der Waals surface area contributed by atoms with Crippen LogP contribution in [0.25, 0.3) is 0 Å². The van der Waals surface area contributed by atoms with Gasteiger partial charge in [0.1, 0.15) is 0 Å². The molecule has 0 radical (unpaired) electrons. The molecular weight excluding hydrogens is 281 g/mol. The zero-order valence-electron chi connectivity index (χ0n) is 11.2. The lowest BCUT2D eigenvalue weighted by atomic mass is 10.0. The van der Waals surface area contributed by atoms with E-state index >= 15 is 0 Å². The summed E-state index contributed by atoms with van der Waals surface area (Å²) in [6.45, 7) is 1.99. The Morgan fingerprint density at radius 3 is 2.58 bits per heavy atom. The SMILES string of the molecule is CNC(Cc1ccc(Cl)cc1Cl)c1cc(C)nn1C. The molecule has 0 saturated carbocycles. The Labute approximate surface area is 123 Å². The van der Waals surface area contributed by atoms with Crippen molar-refractivity contribution in [3.05, 3.63) is 51.3 Å². The van der Waals surface area contributed by atoms with Gasteiger partial charge < -0.3 is 5.32 Å². The third kappa shape index (κ3) is 3.30. The number of hydrogen-bond acceptors (Lipinski definition) is 2. The first kappa shape index (κ1) is 14.4. The molecular formula is C14H17Cl2N3. The fourth-order valence-corrected chi connectivity index (χ4v) is 2.70. The van der Waals surface area contributed by atoms with Gasteiger partial charge in [0, 0.05) is 17.1 Å². The van der Waals surface area contributed by atoms with E-state index in [1.165, 1.54) is 0 Å². The highest BCUT2D eigenvalue weighted by atomic mass is 35.5. The molecule has 1 N–H and O–H groups in total. The van der Waals surface area contributed by atoms with Crippen LogP contribution in [0.1, 0.15) is 23.0 Å². The van der Waals surface area contributed by atoms with Gasteiger partial charge in [-0.15, -0.1) is 0 Å². The number of hydrogen-bond donors (Lipinski definition) is 1. The summed E-state index contributed by atoms with van der Waals surface area (Å²) in [6.07, 6.45) is 0.797. The Morgan fingerprint density at radius 1 is 1.32 bits per heavy atom. The fourth-order valence-electron chi connectivity index (χ4n) is 2.22. The highest BCUT2D eigenvalue weighted by Gasteiger charge is 2.16. The summed E-state index contributed by atoms with van der Waals surface area (Å²) in [7, 11) is 3.90. The van der Waals surface area contributed by atoms with Crippen LogP contribution < -0.4 is 5.32 Å². The van der Waals surface area contributed by atoms with Crippen LogP contribution in [0, 0.1) is 6.92 Å². The highest BCUT2D eigenvalue weighted by Crippen LogP contribution is 2.26. The lowest BCUT2D eigenvalue weighted by Crippen LogP contribution is -2.21. The van der Waals surface area contributed by atoms with Gasteiger partial charge in [0.15, 0.2) is 0 Å². The number of nitrogens with zero attached hydrogens (tertiary/aromatic N) is 2. The molecule has 5 heteroatoms. The van der Waals surface area contributed by atoms with Crippen molar-refractivity contribution in [3.8, 4) is 0 Å². The number of likely N-dealkylation sites (N-methyl/N-ethyl adjacent to an activating group) is 1. The molecule has 0 saturated heterocycles. The molecule has 1 aromatic heterocycles. The average molecular weight is 298 g/mol. The van der Waals surface area contributed by atoms with Crippen molar-refractivity contribution < 1.29 is 0 Å². The Morgan fingerprint density at radius 2 is 2.05 bits per heavy atom.